The number of nitrogens with zero attached hydrogens (tertiary/aromatic N) is 2. The Hall–Kier alpha value is -3.45. The summed E-state index contributed by atoms with van der Waals surface area (Å²) in [5.74, 6) is 0.0796. The fraction of sp³-hybridized carbons (Fsp3) is 0.0455. The molecule has 5 rings (SSSR count). The van der Waals surface area contributed by atoms with Crippen molar-refractivity contribution in [2.45, 2.75) is 6.04 Å². The molecule has 29 heavy (non-hydrogen) atoms. The topological polar surface area (TPSA) is 83.6 Å². The molecule has 7 heteroatoms. The minimum Gasteiger partial charge on any atom is -0.508 e. The van der Waals surface area contributed by atoms with Crippen LogP contribution in [0.3, 0.4) is 0 Å². The van der Waals surface area contributed by atoms with E-state index < -0.39 is 11.9 Å². The number of aromatic nitrogens is 1. The van der Waals surface area contributed by atoms with Crippen molar-refractivity contribution in [2.24, 2.45) is 0 Å². The molecule has 4 aromatic rings. The Bertz CT molecular complexity index is 1320. The first-order valence-corrected chi connectivity index (χ1v) is 9.63. The van der Waals surface area contributed by atoms with Crippen LogP contribution in [0, 0.1) is 0 Å². The van der Waals surface area contributed by atoms with Crippen LogP contribution >= 0.6 is 15.9 Å². The largest absolute Gasteiger partial charge is 0.508 e. The molecule has 2 aromatic carbocycles. The Morgan fingerprint density at radius 2 is 1.83 bits per heavy atom. The highest BCUT2D eigenvalue weighted by Gasteiger charge is 2.44. The van der Waals surface area contributed by atoms with Gasteiger partial charge in [0.15, 0.2) is 5.43 Å². The summed E-state index contributed by atoms with van der Waals surface area (Å²) in [5, 5.41) is 10.1. The Morgan fingerprint density at radius 3 is 2.55 bits per heavy atom. The van der Waals surface area contributed by atoms with Gasteiger partial charge in [-0.05, 0) is 48.0 Å². The second-order valence-electron chi connectivity index (χ2n) is 6.67. The van der Waals surface area contributed by atoms with Crippen LogP contribution in [0.2, 0.25) is 0 Å². The maximum atomic E-state index is 13.4. The second kappa shape index (κ2) is 6.56. The van der Waals surface area contributed by atoms with Crippen molar-refractivity contribution >= 4 is 38.6 Å². The molecule has 0 radical (unpaired) electrons. The van der Waals surface area contributed by atoms with Crippen molar-refractivity contribution in [2.75, 3.05) is 4.90 Å². The highest BCUT2D eigenvalue weighted by Crippen LogP contribution is 2.40. The Labute approximate surface area is 173 Å². The van der Waals surface area contributed by atoms with E-state index in [0.717, 1.165) is 4.47 Å². The first-order valence-electron chi connectivity index (χ1n) is 8.84. The Kier molecular flexibility index (Phi) is 3.99. The number of rotatable bonds is 2. The van der Waals surface area contributed by atoms with E-state index in [9.17, 15) is 14.7 Å². The van der Waals surface area contributed by atoms with Crippen LogP contribution < -0.4 is 10.3 Å². The minimum atomic E-state index is -0.715. The van der Waals surface area contributed by atoms with Crippen molar-refractivity contribution in [1.82, 2.24) is 4.98 Å². The molecule has 3 heterocycles. The van der Waals surface area contributed by atoms with Crippen molar-refractivity contribution < 1.29 is 14.3 Å². The van der Waals surface area contributed by atoms with Crippen molar-refractivity contribution in [3.05, 3.63) is 98.4 Å². The molecule has 142 valence electrons. The third-order valence-electron chi connectivity index (χ3n) is 4.94. The molecule has 1 aliphatic heterocycles. The van der Waals surface area contributed by atoms with Gasteiger partial charge in [0.1, 0.15) is 17.2 Å². The number of hydrogen-bond donors (Lipinski definition) is 1. The van der Waals surface area contributed by atoms with Crippen molar-refractivity contribution in [3.63, 3.8) is 0 Å². The van der Waals surface area contributed by atoms with Gasteiger partial charge >= 0.3 is 0 Å². The number of phenolic OH excluding ortho intramolecular Hbond substituents is 1. The molecule has 2 aromatic heterocycles. The van der Waals surface area contributed by atoms with E-state index in [2.05, 4.69) is 20.9 Å². The Morgan fingerprint density at radius 1 is 1.03 bits per heavy atom. The lowest BCUT2D eigenvalue weighted by Gasteiger charge is -2.24. The van der Waals surface area contributed by atoms with Crippen LogP contribution in [0.15, 0.2) is 80.5 Å². The van der Waals surface area contributed by atoms with Crippen LogP contribution in [0.25, 0.3) is 11.0 Å². The molecule has 0 saturated heterocycles. The predicted octanol–water partition coefficient (Wildman–Crippen LogP) is 4.41. The van der Waals surface area contributed by atoms with E-state index in [4.69, 9.17) is 4.42 Å². The van der Waals surface area contributed by atoms with Gasteiger partial charge in [0.2, 0.25) is 5.76 Å². The van der Waals surface area contributed by atoms with Gasteiger partial charge < -0.3 is 9.52 Å². The lowest BCUT2D eigenvalue weighted by molar-refractivity contribution is 0.0970. The van der Waals surface area contributed by atoms with E-state index in [-0.39, 0.29) is 22.5 Å². The number of benzene rings is 2. The molecule has 0 fully saturated rings. The van der Waals surface area contributed by atoms with Crippen LogP contribution in [-0.2, 0) is 0 Å². The van der Waals surface area contributed by atoms with Gasteiger partial charge in [0.25, 0.3) is 5.91 Å². The number of hydrogen-bond acceptors (Lipinski definition) is 5. The van der Waals surface area contributed by atoms with Gasteiger partial charge in [0, 0.05) is 10.7 Å². The van der Waals surface area contributed by atoms with Gasteiger partial charge in [-0.3, -0.25) is 14.5 Å². The standard InChI is InChI=1S/C22H13BrN2O4/c23-13-6-9-16-15(11-13)20(27)18-19(12-4-7-14(26)8-5-12)25(22(28)21(18)29-16)17-3-1-2-10-24-17/h1-11,19,26H. The van der Waals surface area contributed by atoms with Gasteiger partial charge in [-0.15, -0.1) is 0 Å². The molecule has 0 bridgehead atoms. The first kappa shape index (κ1) is 17.6. The molecule has 0 aliphatic carbocycles. The van der Waals surface area contributed by atoms with Crippen LogP contribution in [-0.4, -0.2) is 16.0 Å². The highest BCUT2D eigenvalue weighted by molar-refractivity contribution is 9.10. The zero-order valence-electron chi connectivity index (χ0n) is 14.9. The number of aromatic hydroxyl groups is 1. The number of phenols is 1. The first-order chi connectivity index (χ1) is 14.0. The lowest BCUT2D eigenvalue weighted by atomic mass is 9.98. The van der Waals surface area contributed by atoms with Crippen molar-refractivity contribution in [3.8, 4) is 5.75 Å². The van der Waals surface area contributed by atoms with Gasteiger partial charge in [-0.2, -0.15) is 0 Å². The number of carbonyl (C=O) groups is 1. The molecule has 1 unspecified atom stereocenters. The SMILES string of the molecule is O=C1c2oc3ccc(Br)cc3c(=O)c2C(c2ccc(O)cc2)N1c1ccccn1. The molecule has 6 nitrogen and oxygen atoms in total. The zero-order valence-corrected chi connectivity index (χ0v) is 16.5. The summed E-state index contributed by atoms with van der Waals surface area (Å²) in [6.45, 7) is 0. The summed E-state index contributed by atoms with van der Waals surface area (Å²) in [4.78, 5) is 32.5. The maximum absolute atomic E-state index is 13.4. The average Bonchev–Trinajstić information content (AvgIpc) is 3.03. The number of pyridine rings is 1. The van der Waals surface area contributed by atoms with E-state index in [0.29, 0.717) is 22.4 Å². The van der Waals surface area contributed by atoms with E-state index >= 15 is 0 Å². The molecular weight excluding hydrogens is 436 g/mol. The highest BCUT2D eigenvalue weighted by atomic mass is 79.9. The Balaban J connectivity index is 1.83. The summed E-state index contributed by atoms with van der Waals surface area (Å²) in [7, 11) is 0. The number of amides is 1. The van der Waals surface area contributed by atoms with Gasteiger partial charge in [0.05, 0.1) is 17.0 Å². The van der Waals surface area contributed by atoms with Crippen LogP contribution in [0.5, 0.6) is 5.75 Å². The van der Waals surface area contributed by atoms with Gasteiger partial charge in [-0.1, -0.05) is 34.1 Å². The number of halogens is 1. The molecule has 0 spiro atoms. The maximum Gasteiger partial charge on any atom is 0.296 e. The normalized spacial score (nSPS) is 15.7. The lowest BCUT2D eigenvalue weighted by Crippen LogP contribution is -2.30. The fourth-order valence-corrected chi connectivity index (χ4v) is 4.01. The third kappa shape index (κ3) is 2.74. The summed E-state index contributed by atoms with van der Waals surface area (Å²) < 4.78 is 6.63. The second-order valence-corrected chi connectivity index (χ2v) is 7.59. The molecular formula is C22H13BrN2O4. The number of anilines is 1. The van der Waals surface area contributed by atoms with Crippen LogP contribution in [0.1, 0.15) is 27.7 Å². The predicted molar refractivity (Wildman–Crippen MR) is 111 cm³/mol. The smallest absolute Gasteiger partial charge is 0.296 e. The average molecular weight is 449 g/mol. The summed E-state index contributed by atoms with van der Waals surface area (Å²) in [5.41, 5.74) is 1.00. The van der Waals surface area contributed by atoms with E-state index in [1.54, 1.807) is 54.7 Å². The molecule has 0 saturated carbocycles. The number of carbonyl (C=O) groups excluding carboxylic acids is 1. The van der Waals surface area contributed by atoms with Gasteiger partial charge in [-0.25, -0.2) is 4.98 Å². The van der Waals surface area contributed by atoms with E-state index in [1.165, 1.54) is 17.0 Å². The molecule has 1 N–H and O–H groups in total. The monoisotopic (exact) mass is 448 g/mol. The van der Waals surface area contributed by atoms with Crippen molar-refractivity contribution in [1.29, 1.82) is 0 Å². The van der Waals surface area contributed by atoms with Crippen LogP contribution in [0.4, 0.5) is 5.82 Å². The molecule has 1 aliphatic rings. The number of fused-ring (bicyclic) bond motifs is 2. The summed E-state index contributed by atoms with van der Waals surface area (Å²) in [6, 6.07) is 16.0. The van der Waals surface area contributed by atoms with E-state index in [1.807, 2.05) is 0 Å². The summed E-state index contributed by atoms with van der Waals surface area (Å²) >= 11 is 3.38. The fourth-order valence-electron chi connectivity index (χ4n) is 3.65. The quantitative estimate of drug-likeness (QED) is 0.491. The molecule has 1 atom stereocenters. The summed E-state index contributed by atoms with van der Waals surface area (Å²) in [6.07, 6.45) is 1.59. The minimum absolute atomic E-state index is 0.00792. The molecule has 1 amide bonds. The zero-order chi connectivity index (χ0) is 20.1. The third-order valence-corrected chi connectivity index (χ3v) is 5.43.